The first-order valence-corrected chi connectivity index (χ1v) is 12.9. The molecule has 36 heavy (non-hydrogen) atoms. The van der Waals surface area contributed by atoms with E-state index in [9.17, 15) is 19.5 Å². The molecule has 1 aliphatic carbocycles. The van der Waals surface area contributed by atoms with Gasteiger partial charge in [0.2, 0.25) is 0 Å². The molecule has 1 saturated carbocycles. The summed E-state index contributed by atoms with van der Waals surface area (Å²) in [5.74, 6) is -1.05. The molecule has 0 bridgehead atoms. The van der Waals surface area contributed by atoms with Crippen LogP contribution in [0.2, 0.25) is 0 Å². The maximum Gasteiger partial charge on any atom is 0.338 e. The fourth-order valence-corrected chi connectivity index (χ4v) is 6.44. The van der Waals surface area contributed by atoms with Crippen molar-refractivity contribution in [2.24, 2.45) is 5.92 Å². The number of carbonyl (C=O) groups excluding carboxylic acids is 3. The van der Waals surface area contributed by atoms with Gasteiger partial charge >= 0.3 is 5.97 Å². The van der Waals surface area contributed by atoms with Gasteiger partial charge in [0.05, 0.1) is 39.9 Å². The molecule has 3 aromatic rings. The fraction of sp³-hybridized carbons (Fsp3) is 0.333. The van der Waals surface area contributed by atoms with Crippen LogP contribution in [-0.2, 0) is 19.1 Å². The van der Waals surface area contributed by atoms with E-state index in [4.69, 9.17) is 9.47 Å². The van der Waals surface area contributed by atoms with E-state index in [1.165, 1.54) is 16.2 Å². The molecule has 0 spiro atoms. The number of hydrogen-bond acceptors (Lipinski definition) is 8. The third-order valence-corrected chi connectivity index (χ3v) is 8.06. The van der Waals surface area contributed by atoms with Gasteiger partial charge in [-0.1, -0.05) is 29.9 Å². The number of thiazole rings is 1. The van der Waals surface area contributed by atoms with Crippen molar-refractivity contribution in [2.45, 2.75) is 44.8 Å². The van der Waals surface area contributed by atoms with Crippen molar-refractivity contribution in [3.63, 3.8) is 0 Å². The average molecular weight is 505 g/mol. The maximum atomic E-state index is 13.8. The van der Waals surface area contributed by atoms with Gasteiger partial charge in [-0.15, -0.1) is 0 Å². The second-order valence-electron chi connectivity index (χ2n) is 9.23. The van der Waals surface area contributed by atoms with Gasteiger partial charge < -0.3 is 14.6 Å². The summed E-state index contributed by atoms with van der Waals surface area (Å²) in [6, 6.07) is 10.9. The number of phenols is 1. The number of ether oxygens (including phenoxy) is 2. The van der Waals surface area contributed by atoms with Crippen LogP contribution in [0.15, 0.2) is 53.8 Å². The lowest BCUT2D eigenvalue weighted by atomic mass is 9.77. The fourth-order valence-electron chi connectivity index (χ4n) is 5.41. The molecule has 9 heteroatoms. The minimum atomic E-state index is -0.764. The molecule has 1 fully saturated rings. The highest BCUT2D eigenvalue weighted by atomic mass is 32.1. The zero-order chi connectivity index (χ0) is 25.0. The Balaban J connectivity index is 1.46. The summed E-state index contributed by atoms with van der Waals surface area (Å²) in [7, 11) is 0. The minimum Gasteiger partial charge on any atom is -0.508 e. The Morgan fingerprint density at radius 1 is 1.19 bits per heavy atom. The highest BCUT2D eigenvalue weighted by Gasteiger charge is 2.53. The lowest BCUT2D eigenvalue weighted by Gasteiger charge is -2.35. The molecule has 1 N–H and O–H groups in total. The van der Waals surface area contributed by atoms with E-state index in [-0.39, 0.29) is 35.9 Å². The smallest absolute Gasteiger partial charge is 0.338 e. The van der Waals surface area contributed by atoms with Crippen LogP contribution in [0.25, 0.3) is 10.2 Å². The van der Waals surface area contributed by atoms with Gasteiger partial charge in [0.15, 0.2) is 16.7 Å². The SMILES string of the molecule is CCOC(=O)c1ccc2nc(N3C(=O)C4=C(C(=O)C5CCCCC5O4)C3c3cccc(O)c3)sc2c1. The minimum absolute atomic E-state index is 0.0389. The number of aromatic nitrogens is 1. The van der Waals surface area contributed by atoms with Crippen molar-refractivity contribution < 1.29 is 29.0 Å². The number of Topliss-reactive ketones (excluding diaryl/α,β-unsaturated/α-hetero) is 1. The van der Waals surface area contributed by atoms with Crippen LogP contribution < -0.4 is 4.90 Å². The number of anilines is 1. The highest BCUT2D eigenvalue weighted by Crippen LogP contribution is 2.49. The summed E-state index contributed by atoms with van der Waals surface area (Å²) in [6.45, 7) is 2.02. The summed E-state index contributed by atoms with van der Waals surface area (Å²) in [4.78, 5) is 45.9. The quantitative estimate of drug-likeness (QED) is 0.514. The lowest BCUT2D eigenvalue weighted by Crippen LogP contribution is -2.39. The molecule has 3 heterocycles. The van der Waals surface area contributed by atoms with Crippen molar-refractivity contribution in [1.29, 1.82) is 0 Å². The molecule has 3 unspecified atom stereocenters. The van der Waals surface area contributed by atoms with Crippen molar-refractivity contribution >= 4 is 44.3 Å². The Morgan fingerprint density at radius 2 is 2.03 bits per heavy atom. The Bertz CT molecular complexity index is 1440. The van der Waals surface area contributed by atoms with E-state index in [0.717, 1.165) is 25.7 Å². The van der Waals surface area contributed by atoms with E-state index in [2.05, 4.69) is 4.98 Å². The van der Waals surface area contributed by atoms with E-state index in [0.29, 0.717) is 32.0 Å². The van der Waals surface area contributed by atoms with E-state index in [1.54, 1.807) is 49.4 Å². The topological polar surface area (TPSA) is 106 Å². The summed E-state index contributed by atoms with van der Waals surface area (Å²) >= 11 is 1.25. The van der Waals surface area contributed by atoms with Crippen molar-refractivity contribution in [2.75, 3.05) is 11.5 Å². The number of aromatic hydroxyl groups is 1. The van der Waals surface area contributed by atoms with Crippen LogP contribution in [0.1, 0.15) is 54.6 Å². The third kappa shape index (κ3) is 3.57. The summed E-state index contributed by atoms with van der Waals surface area (Å²) < 4.78 is 12.0. The Labute approximate surface area is 211 Å². The van der Waals surface area contributed by atoms with Gasteiger partial charge in [-0.2, -0.15) is 0 Å². The second kappa shape index (κ2) is 8.74. The standard InChI is InChI=1S/C27H24N2O6S/c1-2-34-26(33)15-10-11-18-20(13-15)36-27(28-18)29-22(14-6-5-7-16(30)12-14)21-23(31)17-8-3-4-9-19(17)35-24(21)25(29)32/h5-7,10-13,17,19,22,30H,2-4,8-9H2,1H3. The van der Waals surface area contributed by atoms with Crippen LogP contribution in [0.5, 0.6) is 5.75 Å². The van der Waals surface area contributed by atoms with Crippen LogP contribution in [0, 0.1) is 5.92 Å². The summed E-state index contributed by atoms with van der Waals surface area (Å²) in [5.41, 5.74) is 1.96. The van der Waals surface area contributed by atoms with Crippen molar-refractivity contribution in [1.82, 2.24) is 4.98 Å². The number of rotatable bonds is 4. The molecule has 3 atom stereocenters. The first kappa shape index (κ1) is 22.7. The number of phenolic OH excluding ortho intramolecular Hbond substituents is 1. The maximum absolute atomic E-state index is 13.8. The van der Waals surface area contributed by atoms with Crippen LogP contribution >= 0.6 is 11.3 Å². The summed E-state index contributed by atoms with van der Waals surface area (Å²) in [6.07, 6.45) is 3.11. The monoisotopic (exact) mass is 504 g/mol. The van der Waals surface area contributed by atoms with Crippen LogP contribution in [-0.4, -0.2) is 40.5 Å². The van der Waals surface area contributed by atoms with Crippen LogP contribution in [0.4, 0.5) is 5.13 Å². The zero-order valence-corrected chi connectivity index (χ0v) is 20.4. The first-order valence-electron chi connectivity index (χ1n) is 12.1. The predicted octanol–water partition coefficient (Wildman–Crippen LogP) is 4.68. The molecule has 1 amide bonds. The van der Waals surface area contributed by atoms with E-state index < -0.39 is 17.9 Å². The first-order chi connectivity index (χ1) is 17.5. The number of nitrogens with zero attached hydrogens (tertiary/aromatic N) is 2. The predicted molar refractivity (Wildman–Crippen MR) is 133 cm³/mol. The van der Waals surface area contributed by atoms with Crippen molar-refractivity contribution in [3.05, 3.63) is 64.9 Å². The Kier molecular flexibility index (Phi) is 5.52. The number of hydrogen-bond donors (Lipinski definition) is 1. The Morgan fingerprint density at radius 3 is 2.83 bits per heavy atom. The molecule has 0 saturated heterocycles. The van der Waals surface area contributed by atoms with E-state index >= 15 is 0 Å². The summed E-state index contributed by atoms with van der Waals surface area (Å²) in [5, 5.41) is 10.6. The van der Waals surface area contributed by atoms with Gasteiger partial charge in [-0.25, -0.2) is 9.78 Å². The molecule has 1 aromatic heterocycles. The molecule has 3 aliphatic rings. The molecule has 6 rings (SSSR count). The van der Waals surface area contributed by atoms with E-state index in [1.807, 2.05) is 0 Å². The van der Waals surface area contributed by atoms with Gasteiger partial charge in [0.25, 0.3) is 5.91 Å². The largest absolute Gasteiger partial charge is 0.508 e. The number of carbonyl (C=O) groups is 3. The molecule has 8 nitrogen and oxygen atoms in total. The number of esters is 1. The number of fused-ring (bicyclic) bond motifs is 2. The van der Waals surface area contributed by atoms with Gasteiger partial charge in [-0.05, 0) is 62.1 Å². The van der Waals surface area contributed by atoms with Gasteiger partial charge in [-0.3, -0.25) is 14.5 Å². The highest BCUT2D eigenvalue weighted by molar-refractivity contribution is 7.22. The Hall–Kier alpha value is -3.72. The third-order valence-electron chi connectivity index (χ3n) is 7.04. The molecule has 184 valence electrons. The van der Waals surface area contributed by atoms with Gasteiger partial charge in [0.1, 0.15) is 11.9 Å². The normalized spacial score (nSPS) is 23.5. The molecular formula is C27H24N2O6S. The molecule has 0 radical (unpaired) electrons. The molecule has 2 aromatic carbocycles. The van der Waals surface area contributed by atoms with Gasteiger partial charge in [0, 0.05) is 0 Å². The molecule has 2 aliphatic heterocycles. The second-order valence-corrected chi connectivity index (χ2v) is 10.2. The average Bonchev–Trinajstić information content (AvgIpc) is 3.42. The number of benzene rings is 2. The number of amides is 1. The lowest BCUT2D eigenvalue weighted by molar-refractivity contribution is -0.131. The molecular weight excluding hydrogens is 480 g/mol. The van der Waals surface area contributed by atoms with Crippen LogP contribution in [0.3, 0.4) is 0 Å². The number of ketones is 1. The van der Waals surface area contributed by atoms with Crippen molar-refractivity contribution in [3.8, 4) is 5.75 Å². The zero-order valence-electron chi connectivity index (χ0n) is 19.6.